The first kappa shape index (κ1) is 9.02. The third-order valence-corrected chi connectivity index (χ3v) is 1.12. The lowest BCUT2D eigenvalue weighted by Crippen LogP contribution is -2.75. The molecule has 0 aliphatic rings. The smallest absolute Gasteiger partial charge is 0.0681 e. The number of hydrogen-bond acceptors (Lipinski definition) is 5. The van der Waals surface area contributed by atoms with Crippen molar-refractivity contribution in [3.8, 4) is 0 Å². The number of methoxy groups -OCH3 is 1. The summed E-state index contributed by atoms with van der Waals surface area (Å²) in [6, 6.07) is 0. The van der Waals surface area contributed by atoms with Gasteiger partial charge >= 0.3 is 0 Å². The van der Waals surface area contributed by atoms with Gasteiger partial charge in [-0.25, -0.2) is 0 Å². The van der Waals surface area contributed by atoms with Gasteiger partial charge in [-0.05, 0) is 0 Å². The second-order valence-electron chi connectivity index (χ2n) is 1.34. The fourth-order valence-corrected chi connectivity index (χ4v) is 0.583. The highest BCUT2D eigenvalue weighted by atomic mass is 28.4. The van der Waals surface area contributed by atoms with Gasteiger partial charge < -0.3 is 23.5 Å². The molecular weight excluding hydrogens is 144 g/mol. The van der Waals surface area contributed by atoms with Gasteiger partial charge in [-0.2, -0.15) is 0 Å². The van der Waals surface area contributed by atoms with Gasteiger partial charge in [0.1, 0.15) is 0 Å². The van der Waals surface area contributed by atoms with Crippen LogP contribution in [-0.2, 0) is 9.16 Å². The lowest BCUT2D eigenvalue weighted by Gasteiger charge is -2.53. The molecule has 0 radical (unpaired) electrons. The third kappa shape index (κ3) is 8.02. The second-order valence-corrected chi connectivity index (χ2v) is 2.63. The van der Waals surface area contributed by atoms with E-state index in [9.17, 15) is 14.4 Å². The van der Waals surface area contributed by atoms with E-state index in [2.05, 4.69) is 9.16 Å². The minimum absolute atomic E-state index is 0.113. The molecule has 9 heavy (non-hydrogen) atoms. The van der Waals surface area contributed by atoms with Crippen molar-refractivity contribution in [3.05, 3.63) is 0 Å². The van der Waals surface area contributed by atoms with Crippen molar-refractivity contribution in [1.82, 2.24) is 0 Å². The van der Waals surface area contributed by atoms with E-state index in [4.69, 9.17) is 0 Å². The average Bonchev–Trinajstić information content (AvgIpc) is 1.63. The largest absolute Gasteiger partial charge is 0.861 e. The Morgan fingerprint density at radius 2 is 1.78 bits per heavy atom. The van der Waals surface area contributed by atoms with Crippen molar-refractivity contribution in [2.45, 2.75) is 0 Å². The summed E-state index contributed by atoms with van der Waals surface area (Å²) in [4.78, 5) is 29.2. The summed E-state index contributed by atoms with van der Waals surface area (Å²) in [5, 5.41) is 0. The molecule has 6 heteroatoms. The van der Waals surface area contributed by atoms with E-state index in [1.165, 1.54) is 7.11 Å². The van der Waals surface area contributed by atoms with Crippen LogP contribution < -0.4 is 14.4 Å². The summed E-state index contributed by atoms with van der Waals surface area (Å²) in [6.45, 7) is -0.0826. The topological polar surface area (TPSA) is 87.6 Å². The van der Waals surface area contributed by atoms with E-state index < -0.39 is 9.05 Å². The molecule has 0 aromatic heterocycles. The van der Waals surface area contributed by atoms with E-state index >= 15 is 0 Å². The third-order valence-electron chi connectivity index (χ3n) is 0.566. The Morgan fingerprint density at radius 3 is 2.11 bits per heavy atom. The SMILES string of the molecule is COCCO[Si]([O-])([O-])[O-]. The van der Waals surface area contributed by atoms with Gasteiger partial charge in [0.05, 0.1) is 13.2 Å². The van der Waals surface area contributed by atoms with Crippen LogP contribution in [0.5, 0.6) is 0 Å². The Morgan fingerprint density at radius 1 is 1.22 bits per heavy atom. The molecule has 0 aliphatic heterocycles. The van der Waals surface area contributed by atoms with Crippen molar-refractivity contribution in [1.29, 1.82) is 0 Å². The Bertz CT molecular complexity index is 69.1. The van der Waals surface area contributed by atoms with E-state index in [0.29, 0.717) is 0 Å². The lowest BCUT2D eigenvalue weighted by molar-refractivity contribution is -0.541. The predicted octanol–water partition coefficient (Wildman–Crippen LogP) is -3.83. The summed E-state index contributed by atoms with van der Waals surface area (Å²) >= 11 is 0. The van der Waals surface area contributed by atoms with Gasteiger partial charge in [0.15, 0.2) is 0 Å². The van der Waals surface area contributed by atoms with E-state index in [-0.39, 0.29) is 13.2 Å². The number of ether oxygens (including phenoxy) is 1. The zero-order valence-corrected chi connectivity index (χ0v) is 5.96. The Hall–Kier alpha value is 0.0169. The highest BCUT2D eigenvalue weighted by Gasteiger charge is 1.83. The molecule has 0 saturated carbocycles. The molecule has 56 valence electrons. The summed E-state index contributed by atoms with van der Waals surface area (Å²) in [7, 11) is -3.64. The van der Waals surface area contributed by atoms with Crippen molar-refractivity contribution < 1.29 is 23.5 Å². The summed E-state index contributed by atoms with van der Waals surface area (Å²) in [6.07, 6.45) is 0. The average molecular weight is 151 g/mol. The van der Waals surface area contributed by atoms with Gasteiger partial charge in [-0.3, -0.25) is 0 Å². The van der Waals surface area contributed by atoms with Crippen LogP contribution in [0.2, 0.25) is 0 Å². The number of hydrogen-bond donors (Lipinski definition) is 0. The molecule has 0 rings (SSSR count). The van der Waals surface area contributed by atoms with E-state index in [0.717, 1.165) is 0 Å². The van der Waals surface area contributed by atoms with Crippen molar-refractivity contribution in [3.63, 3.8) is 0 Å². The normalized spacial score (nSPS) is 12.0. The molecule has 0 heterocycles. The lowest BCUT2D eigenvalue weighted by atomic mass is 10.8. The Balaban J connectivity index is 3.07. The molecule has 0 aliphatic carbocycles. The van der Waals surface area contributed by atoms with Crippen LogP contribution in [-0.4, -0.2) is 29.4 Å². The van der Waals surface area contributed by atoms with Gasteiger partial charge in [-0.1, -0.05) is 0 Å². The minimum atomic E-state index is -5.02. The van der Waals surface area contributed by atoms with E-state index in [1.807, 2.05) is 0 Å². The fraction of sp³-hybridized carbons (Fsp3) is 1.00. The fourth-order valence-electron chi connectivity index (χ4n) is 0.250. The molecule has 0 saturated heterocycles. The molecule has 0 N–H and O–H groups in total. The molecular formula is C3H7O5Si-3. The van der Waals surface area contributed by atoms with Crippen LogP contribution in [0, 0.1) is 0 Å². The molecule has 0 fully saturated rings. The van der Waals surface area contributed by atoms with Crippen molar-refractivity contribution in [2.75, 3.05) is 20.3 Å². The van der Waals surface area contributed by atoms with E-state index in [1.54, 1.807) is 0 Å². The molecule has 0 amide bonds. The molecule has 0 atom stereocenters. The first-order valence-electron chi connectivity index (χ1n) is 2.30. The second kappa shape index (κ2) is 3.93. The zero-order chi connectivity index (χ0) is 7.33. The van der Waals surface area contributed by atoms with Crippen molar-refractivity contribution >= 4 is 9.05 Å². The minimum Gasteiger partial charge on any atom is -0.861 e. The monoisotopic (exact) mass is 151 g/mol. The Labute approximate surface area is 54.0 Å². The Kier molecular flexibility index (Phi) is 3.94. The molecule has 0 aromatic carbocycles. The van der Waals surface area contributed by atoms with Crippen LogP contribution in [0.3, 0.4) is 0 Å². The van der Waals surface area contributed by atoms with Crippen molar-refractivity contribution in [2.24, 2.45) is 0 Å². The van der Waals surface area contributed by atoms with Gasteiger partial charge in [0.25, 0.3) is 0 Å². The molecule has 0 bridgehead atoms. The molecule has 0 aromatic rings. The van der Waals surface area contributed by atoms with Crippen LogP contribution in [0.15, 0.2) is 0 Å². The van der Waals surface area contributed by atoms with Gasteiger partial charge in [0.2, 0.25) is 0 Å². The highest BCUT2D eigenvalue weighted by Crippen LogP contribution is 1.75. The molecule has 5 nitrogen and oxygen atoms in total. The highest BCUT2D eigenvalue weighted by molar-refractivity contribution is 6.42. The summed E-state index contributed by atoms with van der Waals surface area (Å²) < 4.78 is 8.23. The van der Waals surface area contributed by atoms with Crippen LogP contribution >= 0.6 is 0 Å². The van der Waals surface area contributed by atoms with Gasteiger partial charge in [-0.15, -0.1) is 9.05 Å². The summed E-state index contributed by atoms with van der Waals surface area (Å²) in [5.41, 5.74) is 0. The molecule has 0 unspecified atom stereocenters. The predicted molar refractivity (Wildman–Crippen MR) is 23.6 cm³/mol. The van der Waals surface area contributed by atoms with Crippen LogP contribution in [0.4, 0.5) is 0 Å². The quantitative estimate of drug-likeness (QED) is 0.303. The zero-order valence-electron chi connectivity index (χ0n) is 4.96. The standard InChI is InChI=1S/C3H7O5Si/c1-7-2-3-8-9(4,5)6/h2-3H2,1H3/q-3. The summed E-state index contributed by atoms with van der Waals surface area (Å²) in [5.74, 6) is 0. The number of rotatable bonds is 4. The first-order valence-corrected chi connectivity index (χ1v) is 3.94. The maximum Gasteiger partial charge on any atom is 0.0681 e. The van der Waals surface area contributed by atoms with Crippen LogP contribution in [0.1, 0.15) is 0 Å². The maximum atomic E-state index is 9.73. The van der Waals surface area contributed by atoms with Gasteiger partial charge in [0, 0.05) is 7.11 Å². The first-order chi connectivity index (χ1) is 4.06. The maximum absolute atomic E-state index is 9.73. The molecule has 0 spiro atoms. The van der Waals surface area contributed by atoms with Crippen LogP contribution in [0.25, 0.3) is 0 Å².